The number of ether oxygens (including phenoxy) is 2. The standard InChI is InChI=1S/C18H17NO5/c20-17-10-11-18(21)19(17)23-13-12-22-14-6-8-16(9-7-14)24-15-4-2-1-3-5-15/h1-9H,10-13H2. The molecule has 0 spiro atoms. The molecule has 6 heteroatoms. The van der Waals surface area contributed by atoms with E-state index < -0.39 is 0 Å². The van der Waals surface area contributed by atoms with E-state index in [-0.39, 0.29) is 37.9 Å². The minimum Gasteiger partial charge on any atom is -0.491 e. The van der Waals surface area contributed by atoms with Gasteiger partial charge in [0, 0.05) is 12.8 Å². The molecule has 6 nitrogen and oxygen atoms in total. The molecule has 1 fully saturated rings. The molecule has 1 heterocycles. The zero-order valence-corrected chi connectivity index (χ0v) is 13.0. The molecule has 0 atom stereocenters. The fraction of sp³-hybridized carbons (Fsp3) is 0.222. The van der Waals surface area contributed by atoms with Crippen molar-refractivity contribution >= 4 is 11.8 Å². The lowest BCUT2D eigenvalue weighted by atomic mass is 10.3. The maximum Gasteiger partial charge on any atom is 0.253 e. The van der Waals surface area contributed by atoms with E-state index in [2.05, 4.69) is 0 Å². The van der Waals surface area contributed by atoms with E-state index in [0.717, 1.165) is 10.8 Å². The molecule has 0 bridgehead atoms. The first kappa shape index (κ1) is 16.0. The van der Waals surface area contributed by atoms with Gasteiger partial charge in [0.05, 0.1) is 0 Å². The number of hydrogen-bond acceptors (Lipinski definition) is 5. The Labute approximate surface area is 139 Å². The molecule has 124 valence electrons. The Balaban J connectivity index is 1.43. The molecule has 0 radical (unpaired) electrons. The van der Waals surface area contributed by atoms with Gasteiger partial charge in [-0.1, -0.05) is 18.2 Å². The number of rotatable bonds is 7. The third-order valence-corrected chi connectivity index (χ3v) is 3.38. The monoisotopic (exact) mass is 327 g/mol. The van der Waals surface area contributed by atoms with Crippen LogP contribution in [0.4, 0.5) is 0 Å². The number of imide groups is 1. The highest BCUT2D eigenvalue weighted by Gasteiger charge is 2.29. The maximum atomic E-state index is 11.4. The van der Waals surface area contributed by atoms with Gasteiger partial charge < -0.3 is 9.47 Å². The molecule has 2 aromatic rings. The van der Waals surface area contributed by atoms with Crippen molar-refractivity contribution in [1.82, 2.24) is 5.06 Å². The highest BCUT2D eigenvalue weighted by molar-refractivity contribution is 6.00. The number of benzene rings is 2. The Kier molecular flexibility index (Phi) is 5.08. The van der Waals surface area contributed by atoms with E-state index in [4.69, 9.17) is 14.3 Å². The molecule has 0 saturated carbocycles. The molecule has 0 unspecified atom stereocenters. The molecule has 0 N–H and O–H groups in total. The largest absolute Gasteiger partial charge is 0.491 e. The minimum absolute atomic E-state index is 0.125. The SMILES string of the molecule is O=C1CCC(=O)N1OCCOc1ccc(Oc2ccccc2)cc1. The Morgan fingerprint density at radius 3 is 2.00 bits per heavy atom. The van der Waals surface area contributed by atoms with E-state index in [1.165, 1.54) is 0 Å². The van der Waals surface area contributed by atoms with Gasteiger partial charge in [0.25, 0.3) is 11.8 Å². The van der Waals surface area contributed by atoms with Crippen molar-refractivity contribution in [3.05, 3.63) is 54.6 Å². The smallest absolute Gasteiger partial charge is 0.253 e. The van der Waals surface area contributed by atoms with Crippen molar-refractivity contribution in [2.24, 2.45) is 0 Å². The molecule has 3 rings (SSSR count). The first-order valence-electron chi connectivity index (χ1n) is 7.67. The van der Waals surface area contributed by atoms with Crippen LogP contribution in [0.15, 0.2) is 54.6 Å². The number of carbonyl (C=O) groups excluding carboxylic acids is 2. The quantitative estimate of drug-likeness (QED) is 0.578. The van der Waals surface area contributed by atoms with Crippen molar-refractivity contribution in [3.8, 4) is 17.2 Å². The molecule has 0 aromatic heterocycles. The normalized spacial score (nSPS) is 14.1. The summed E-state index contributed by atoms with van der Waals surface area (Å²) >= 11 is 0. The lowest BCUT2D eigenvalue weighted by Gasteiger charge is -2.13. The van der Waals surface area contributed by atoms with E-state index >= 15 is 0 Å². The van der Waals surface area contributed by atoms with Crippen LogP contribution in [0.3, 0.4) is 0 Å². The summed E-state index contributed by atoms with van der Waals surface area (Å²) in [5.74, 6) is 1.51. The summed E-state index contributed by atoms with van der Waals surface area (Å²) in [7, 11) is 0. The van der Waals surface area contributed by atoms with Crippen LogP contribution < -0.4 is 9.47 Å². The molecule has 24 heavy (non-hydrogen) atoms. The van der Waals surface area contributed by atoms with E-state index in [1.54, 1.807) is 24.3 Å². The van der Waals surface area contributed by atoms with Crippen molar-refractivity contribution < 1.29 is 23.9 Å². The van der Waals surface area contributed by atoms with Gasteiger partial charge in [-0.05, 0) is 36.4 Å². The van der Waals surface area contributed by atoms with Gasteiger partial charge in [0.15, 0.2) is 0 Å². The van der Waals surface area contributed by atoms with Gasteiger partial charge in [-0.25, -0.2) is 0 Å². The minimum atomic E-state index is -0.303. The Morgan fingerprint density at radius 1 is 0.750 bits per heavy atom. The van der Waals surface area contributed by atoms with Gasteiger partial charge >= 0.3 is 0 Å². The van der Waals surface area contributed by atoms with Gasteiger partial charge in [-0.15, -0.1) is 0 Å². The second-order valence-corrected chi connectivity index (χ2v) is 5.15. The topological polar surface area (TPSA) is 65.1 Å². The number of nitrogens with zero attached hydrogens (tertiary/aromatic N) is 1. The predicted molar refractivity (Wildman–Crippen MR) is 85.5 cm³/mol. The maximum absolute atomic E-state index is 11.4. The van der Waals surface area contributed by atoms with Gasteiger partial charge in [-0.3, -0.25) is 14.4 Å². The fourth-order valence-electron chi connectivity index (χ4n) is 2.22. The molecule has 1 saturated heterocycles. The van der Waals surface area contributed by atoms with Crippen molar-refractivity contribution in [2.75, 3.05) is 13.2 Å². The number of hydrogen-bond donors (Lipinski definition) is 0. The molecule has 0 aliphatic carbocycles. The second-order valence-electron chi connectivity index (χ2n) is 5.15. The van der Waals surface area contributed by atoms with Crippen LogP contribution in [0, 0.1) is 0 Å². The first-order valence-corrected chi connectivity index (χ1v) is 7.67. The third kappa shape index (κ3) is 4.11. The van der Waals surface area contributed by atoms with Gasteiger partial charge in [-0.2, -0.15) is 5.06 Å². The van der Waals surface area contributed by atoms with E-state index in [1.807, 2.05) is 30.3 Å². The van der Waals surface area contributed by atoms with Crippen LogP contribution in [0.5, 0.6) is 17.2 Å². The molecule has 2 aromatic carbocycles. The molecular weight excluding hydrogens is 310 g/mol. The molecule has 1 aliphatic heterocycles. The van der Waals surface area contributed by atoms with Crippen LogP contribution >= 0.6 is 0 Å². The summed E-state index contributed by atoms with van der Waals surface area (Å²) in [6, 6.07) is 16.7. The Morgan fingerprint density at radius 2 is 1.33 bits per heavy atom. The molecule has 2 amide bonds. The summed E-state index contributed by atoms with van der Waals surface area (Å²) in [5, 5.41) is 0.820. The summed E-state index contributed by atoms with van der Waals surface area (Å²) in [6.45, 7) is 0.357. The average Bonchev–Trinajstić information content (AvgIpc) is 2.93. The zero-order chi connectivity index (χ0) is 16.8. The predicted octanol–water partition coefficient (Wildman–Crippen LogP) is 2.94. The zero-order valence-electron chi connectivity index (χ0n) is 13.0. The summed E-state index contributed by atoms with van der Waals surface area (Å²) < 4.78 is 11.2. The highest BCUT2D eigenvalue weighted by Crippen LogP contribution is 2.23. The third-order valence-electron chi connectivity index (χ3n) is 3.38. The Hall–Kier alpha value is -2.86. The van der Waals surface area contributed by atoms with Gasteiger partial charge in [0.1, 0.15) is 30.5 Å². The molecular formula is C18H17NO5. The summed E-state index contributed by atoms with van der Waals surface area (Å²) in [6.07, 6.45) is 0.422. The van der Waals surface area contributed by atoms with E-state index in [0.29, 0.717) is 11.5 Å². The van der Waals surface area contributed by atoms with Crippen LogP contribution in [0.1, 0.15) is 12.8 Å². The van der Waals surface area contributed by atoms with Crippen LogP contribution in [-0.4, -0.2) is 30.1 Å². The number of carbonyl (C=O) groups is 2. The highest BCUT2D eigenvalue weighted by atomic mass is 16.7. The number of para-hydroxylation sites is 1. The van der Waals surface area contributed by atoms with Crippen LogP contribution in [0.25, 0.3) is 0 Å². The van der Waals surface area contributed by atoms with Crippen LogP contribution in [-0.2, 0) is 14.4 Å². The fourth-order valence-corrected chi connectivity index (χ4v) is 2.22. The molecule has 1 aliphatic rings. The van der Waals surface area contributed by atoms with E-state index in [9.17, 15) is 9.59 Å². The summed E-state index contributed by atoms with van der Waals surface area (Å²) in [5.41, 5.74) is 0. The summed E-state index contributed by atoms with van der Waals surface area (Å²) in [4.78, 5) is 27.9. The van der Waals surface area contributed by atoms with Crippen molar-refractivity contribution in [3.63, 3.8) is 0 Å². The average molecular weight is 327 g/mol. The Bertz CT molecular complexity index is 683. The van der Waals surface area contributed by atoms with Crippen molar-refractivity contribution in [2.45, 2.75) is 12.8 Å². The lowest BCUT2D eigenvalue weighted by Crippen LogP contribution is -2.30. The van der Waals surface area contributed by atoms with Crippen molar-refractivity contribution in [1.29, 1.82) is 0 Å². The number of hydroxylamine groups is 2. The van der Waals surface area contributed by atoms with Gasteiger partial charge in [0.2, 0.25) is 0 Å². The lowest BCUT2D eigenvalue weighted by molar-refractivity contribution is -0.189. The van der Waals surface area contributed by atoms with Crippen LogP contribution in [0.2, 0.25) is 0 Å². The number of amides is 2. The first-order chi connectivity index (χ1) is 11.7. The second kappa shape index (κ2) is 7.61.